The number of piperidine rings is 1. The van der Waals surface area contributed by atoms with Crippen LogP contribution in [0.25, 0.3) is 0 Å². The van der Waals surface area contributed by atoms with Crippen LogP contribution in [0, 0.1) is 5.41 Å². The molecule has 0 radical (unpaired) electrons. The Hall–Kier alpha value is -1.63. The van der Waals surface area contributed by atoms with Gasteiger partial charge in [0.05, 0.1) is 12.1 Å². The molecule has 2 heterocycles. The molecule has 1 aromatic heterocycles. The van der Waals surface area contributed by atoms with Crippen LogP contribution in [0.4, 0.5) is 4.79 Å². The third-order valence-electron chi connectivity index (χ3n) is 6.25. The molecular weight excluding hydrogens is 306 g/mol. The van der Waals surface area contributed by atoms with Crippen LogP contribution in [0.2, 0.25) is 0 Å². The minimum atomic E-state index is 0.0675. The molecule has 1 saturated carbocycles. The molecule has 0 spiro atoms. The maximum atomic E-state index is 12.6. The fourth-order valence-corrected chi connectivity index (χ4v) is 4.46. The Bertz CT molecular complexity index is 535. The van der Waals surface area contributed by atoms with E-state index >= 15 is 0 Å². The number of ether oxygens (including phenoxy) is 1. The average Bonchev–Trinajstić information content (AvgIpc) is 3.14. The highest BCUT2D eigenvalue weighted by Gasteiger charge is 2.53. The number of nitrogens with one attached hydrogen (secondary N) is 1. The molecule has 134 valence electrons. The molecule has 0 aromatic carbocycles. The van der Waals surface area contributed by atoms with E-state index in [1.165, 1.54) is 0 Å². The van der Waals surface area contributed by atoms with Gasteiger partial charge in [-0.05, 0) is 32.1 Å². The normalized spacial score (nSPS) is 26.9. The molecule has 24 heavy (non-hydrogen) atoms. The van der Waals surface area contributed by atoms with Crippen LogP contribution in [0.5, 0.6) is 0 Å². The summed E-state index contributed by atoms with van der Waals surface area (Å²) in [5.74, 6) is 0. The molecule has 0 bridgehead atoms. The van der Waals surface area contributed by atoms with Crippen LogP contribution in [0.3, 0.4) is 0 Å². The van der Waals surface area contributed by atoms with Gasteiger partial charge in [0.2, 0.25) is 0 Å². The first-order valence-electron chi connectivity index (χ1n) is 9.07. The number of carbonyl (C=O) groups is 1. The lowest BCUT2D eigenvalue weighted by atomic mass is 9.58. The van der Waals surface area contributed by atoms with Crippen LogP contribution in [-0.2, 0) is 4.74 Å². The number of amides is 2. The Morgan fingerprint density at radius 3 is 2.58 bits per heavy atom. The summed E-state index contributed by atoms with van der Waals surface area (Å²) in [5, 5.41) is 7.48. The summed E-state index contributed by atoms with van der Waals surface area (Å²) in [6, 6.07) is 0.638. The van der Waals surface area contributed by atoms with E-state index in [9.17, 15) is 4.79 Å². The third kappa shape index (κ3) is 2.90. The zero-order chi connectivity index (χ0) is 17.2. The van der Waals surface area contributed by atoms with Gasteiger partial charge in [-0.3, -0.25) is 0 Å². The summed E-state index contributed by atoms with van der Waals surface area (Å²) in [4.78, 5) is 18.6. The van der Waals surface area contributed by atoms with Crippen LogP contribution >= 0.6 is 0 Å². The van der Waals surface area contributed by atoms with Gasteiger partial charge in [0.1, 0.15) is 12.7 Å². The van der Waals surface area contributed by atoms with Gasteiger partial charge in [0.15, 0.2) is 0 Å². The quantitative estimate of drug-likeness (QED) is 0.895. The number of rotatable bonds is 5. The first-order chi connectivity index (χ1) is 11.6. The summed E-state index contributed by atoms with van der Waals surface area (Å²) in [5.41, 5.74) is 0.0868. The fraction of sp³-hybridized carbons (Fsp3) is 0.824. The molecule has 7 nitrogen and oxygen atoms in total. The van der Waals surface area contributed by atoms with Crippen LogP contribution in [0.15, 0.2) is 12.7 Å². The fourth-order valence-electron chi connectivity index (χ4n) is 4.46. The van der Waals surface area contributed by atoms with Crippen LogP contribution in [-0.4, -0.2) is 58.0 Å². The zero-order valence-corrected chi connectivity index (χ0v) is 14.9. The molecule has 2 amide bonds. The van der Waals surface area contributed by atoms with Crippen molar-refractivity contribution in [3.05, 3.63) is 12.7 Å². The standard InChI is InChI=1S/C17H29N5O2/c1-4-17(5-2)14(10-15(17)24-3)20-16(23)21-8-6-13(7-9-21)22-12-18-11-19-22/h11-15H,4-10H2,1-3H3,(H,20,23)/t14-,15-/m1/s1. The SMILES string of the molecule is CCC1(CC)[C@H](NC(=O)N2CCC(n3cncn3)CC2)C[C@H]1OC. The van der Waals surface area contributed by atoms with Crippen LogP contribution in [0.1, 0.15) is 52.0 Å². The molecule has 1 aliphatic heterocycles. The number of methoxy groups -OCH3 is 1. The van der Waals surface area contributed by atoms with E-state index in [-0.39, 0.29) is 23.6 Å². The van der Waals surface area contributed by atoms with Gasteiger partial charge in [-0.15, -0.1) is 0 Å². The number of hydrogen-bond donors (Lipinski definition) is 1. The van der Waals surface area contributed by atoms with E-state index in [4.69, 9.17) is 4.74 Å². The minimum Gasteiger partial charge on any atom is -0.381 e. The topological polar surface area (TPSA) is 72.3 Å². The van der Waals surface area contributed by atoms with E-state index in [0.717, 1.165) is 45.2 Å². The lowest BCUT2D eigenvalue weighted by Gasteiger charge is -2.55. The van der Waals surface area contributed by atoms with Gasteiger partial charge in [0, 0.05) is 31.7 Å². The van der Waals surface area contributed by atoms with Crippen molar-refractivity contribution in [2.45, 2.75) is 64.1 Å². The van der Waals surface area contributed by atoms with Crippen molar-refractivity contribution < 1.29 is 9.53 Å². The number of aromatic nitrogens is 3. The van der Waals surface area contributed by atoms with Gasteiger partial charge in [-0.1, -0.05) is 13.8 Å². The Morgan fingerprint density at radius 2 is 2.04 bits per heavy atom. The molecule has 3 rings (SSSR count). The predicted octanol–water partition coefficient (Wildman–Crippen LogP) is 2.22. The van der Waals surface area contributed by atoms with Crippen molar-refractivity contribution >= 4 is 6.03 Å². The van der Waals surface area contributed by atoms with Crippen molar-refractivity contribution in [1.82, 2.24) is 25.0 Å². The van der Waals surface area contributed by atoms with Crippen molar-refractivity contribution in [2.24, 2.45) is 5.41 Å². The minimum absolute atomic E-state index is 0.0675. The summed E-state index contributed by atoms with van der Waals surface area (Å²) < 4.78 is 7.52. The monoisotopic (exact) mass is 335 g/mol. The number of urea groups is 1. The van der Waals surface area contributed by atoms with Gasteiger partial charge < -0.3 is 15.0 Å². The first-order valence-corrected chi connectivity index (χ1v) is 9.07. The van der Waals surface area contributed by atoms with E-state index < -0.39 is 0 Å². The average molecular weight is 335 g/mol. The lowest BCUT2D eigenvalue weighted by Crippen LogP contribution is -2.65. The van der Waals surface area contributed by atoms with E-state index in [1.807, 2.05) is 9.58 Å². The van der Waals surface area contributed by atoms with Crippen molar-refractivity contribution in [3.8, 4) is 0 Å². The van der Waals surface area contributed by atoms with Gasteiger partial charge in [-0.25, -0.2) is 14.5 Å². The number of likely N-dealkylation sites (tertiary alicyclic amines) is 1. The molecule has 2 aliphatic rings. The molecule has 0 unspecified atom stereocenters. The molecule has 1 saturated heterocycles. The van der Waals surface area contributed by atoms with Crippen molar-refractivity contribution in [3.63, 3.8) is 0 Å². The van der Waals surface area contributed by atoms with E-state index in [1.54, 1.807) is 19.8 Å². The molecule has 1 N–H and O–H groups in total. The Kier molecular flexibility index (Phi) is 5.08. The van der Waals surface area contributed by atoms with E-state index in [0.29, 0.717) is 6.04 Å². The summed E-state index contributed by atoms with van der Waals surface area (Å²) in [6.07, 6.45) is 8.41. The van der Waals surface area contributed by atoms with Crippen molar-refractivity contribution in [2.75, 3.05) is 20.2 Å². The highest BCUT2D eigenvalue weighted by molar-refractivity contribution is 5.75. The zero-order valence-electron chi connectivity index (χ0n) is 14.9. The Balaban J connectivity index is 1.53. The molecule has 2 atom stereocenters. The van der Waals surface area contributed by atoms with Gasteiger partial charge in [0.25, 0.3) is 0 Å². The molecular formula is C17H29N5O2. The number of carbonyl (C=O) groups excluding carboxylic acids is 1. The van der Waals surface area contributed by atoms with E-state index in [2.05, 4.69) is 29.2 Å². The lowest BCUT2D eigenvalue weighted by molar-refractivity contribution is -0.120. The summed E-state index contributed by atoms with van der Waals surface area (Å²) >= 11 is 0. The highest BCUT2D eigenvalue weighted by Crippen LogP contribution is 2.48. The second kappa shape index (κ2) is 7.09. The second-order valence-electron chi connectivity index (χ2n) is 7.00. The Labute approximate surface area is 143 Å². The largest absolute Gasteiger partial charge is 0.381 e. The summed E-state index contributed by atoms with van der Waals surface area (Å²) in [6.45, 7) is 5.92. The molecule has 2 fully saturated rings. The van der Waals surface area contributed by atoms with Gasteiger partial charge >= 0.3 is 6.03 Å². The van der Waals surface area contributed by atoms with Crippen molar-refractivity contribution in [1.29, 1.82) is 0 Å². The molecule has 7 heteroatoms. The molecule has 1 aliphatic carbocycles. The maximum Gasteiger partial charge on any atom is 0.317 e. The number of nitrogens with zero attached hydrogens (tertiary/aromatic N) is 4. The highest BCUT2D eigenvalue weighted by atomic mass is 16.5. The number of hydrogen-bond acceptors (Lipinski definition) is 4. The van der Waals surface area contributed by atoms with Gasteiger partial charge in [-0.2, -0.15) is 5.10 Å². The summed E-state index contributed by atoms with van der Waals surface area (Å²) in [7, 11) is 1.78. The first kappa shape index (κ1) is 17.2. The smallest absolute Gasteiger partial charge is 0.317 e. The van der Waals surface area contributed by atoms with Crippen LogP contribution < -0.4 is 5.32 Å². The second-order valence-corrected chi connectivity index (χ2v) is 7.00. The molecule has 1 aromatic rings. The Morgan fingerprint density at radius 1 is 1.33 bits per heavy atom. The predicted molar refractivity (Wildman–Crippen MR) is 90.6 cm³/mol. The third-order valence-corrected chi connectivity index (χ3v) is 6.25. The maximum absolute atomic E-state index is 12.6.